The summed E-state index contributed by atoms with van der Waals surface area (Å²) in [6, 6.07) is 13.0. The predicted molar refractivity (Wildman–Crippen MR) is 102 cm³/mol. The van der Waals surface area contributed by atoms with Gasteiger partial charge >= 0.3 is 0 Å². The summed E-state index contributed by atoms with van der Waals surface area (Å²) < 4.78 is 31.7. The minimum atomic E-state index is -3.57. The van der Waals surface area contributed by atoms with Crippen LogP contribution in [0.1, 0.15) is 12.0 Å². The Morgan fingerprint density at radius 2 is 1.73 bits per heavy atom. The lowest BCUT2D eigenvalue weighted by atomic mass is 10.1. The number of hydrogen-bond donors (Lipinski definition) is 2. The molecule has 0 aliphatic carbocycles. The maximum Gasteiger partial charge on any atom is 0.240 e. The van der Waals surface area contributed by atoms with Gasteiger partial charge in [-0.2, -0.15) is 0 Å². The van der Waals surface area contributed by atoms with Gasteiger partial charge in [0.25, 0.3) is 0 Å². The van der Waals surface area contributed by atoms with E-state index in [-0.39, 0.29) is 17.2 Å². The van der Waals surface area contributed by atoms with Gasteiger partial charge in [0.2, 0.25) is 15.9 Å². The van der Waals surface area contributed by atoms with Gasteiger partial charge in [0.05, 0.1) is 11.3 Å². The molecule has 6 nitrogen and oxygen atoms in total. The van der Waals surface area contributed by atoms with Crippen LogP contribution in [0.4, 0.5) is 5.69 Å². The van der Waals surface area contributed by atoms with Crippen molar-refractivity contribution in [3.8, 4) is 0 Å². The fourth-order valence-corrected chi connectivity index (χ4v) is 3.42. The van der Waals surface area contributed by atoms with Gasteiger partial charge in [0.15, 0.2) is 0 Å². The number of hydrogen-bond acceptors (Lipinski definition) is 4. The molecule has 0 unspecified atom stereocenters. The summed E-state index contributed by atoms with van der Waals surface area (Å²) in [7, 11) is -2.01. The maximum atomic E-state index is 12.1. The van der Waals surface area contributed by atoms with E-state index in [9.17, 15) is 13.2 Å². The van der Waals surface area contributed by atoms with E-state index in [0.29, 0.717) is 30.3 Å². The Morgan fingerprint density at radius 1 is 1.08 bits per heavy atom. The lowest BCUT2D eigenvalue weighted by Gasteiger charge is -2.09. The molecule has 0 atom stereocenters. The largest absolute Gasteiger partial charge is 0.385 e. The lowest BCUT2D eigenvalue weighted by Crippen LogP contribution is -2.25. The highest BCUT2D eigenvalue weighted by Crippen LogP contribution is 2.15. The van der Waals surface area contributed by atoms with Crippen LogP contribution in [-0.2, 0) is 26.0 Å². The fraction of sp³-hybridized carbons (Fsp3) is 0.278. The summed E-state index contributed by atoms with van der Waals surface area (Å²) in [6.45, 7) is 0.789. The fourth-order valence-electron chi connectivity index (χ4n) is 2.22. The predicted octanol–water partition coefficient (Wildman–Crippen LogP) is 2.84. The van der Waals surface area contributed by atoms with Gasteiger partial charge in [-0.1, -0.05) is 23.7 Å². The van der Waals surface area contributed by atoms with Crippen molar-refractivity contribution in [3.63, 3.8) is 0 Å². The highest BCUT2D eigenvalue weighted by Gasteiger charge is 2.13. The van der Waals surface area contributed by atoms with E-state index in [0.717, 1.165) is 5.56 Å². The number of rotatable bonds is 9. The topological polar surface area (TPSA) is 84.5 Å². The Bertz CT molecular complexity index is 821. The molecule has 1 amide bonds. The molecule has 0 radical (unpaired) electrons. The van der Waals surface area contributed by atoms with Crippen LogP contribution in [0.15, 0.2) is 53.4 Å². The molecule has 0 aromatic heterocycles. The minimum Gasteiger partial charge on any atom is -0.385 e. The smallest absolute Gasteiger partial charge is 0.240 e. The van der Waals surface area contributed by atoms with Gasteiger partial charge in [0, 0.05) is 31.0 Å². The number of methoxy groups -OCH3 is 1. The minimum absolute atomic E-state index is 0.144. The van der Waals surface area contributed by atoms with E-state index in [1.807, 2.05) is 0 Å². The second-order valence-electron chi connectivity index (χ2n) is 5.62. The number of sulfonamides is 1. The molecule has 2 N–H and O–H groups in total. The number of benzene rings is 2. The standard InChI is InChI=1S/C18H21ClN2O4S/c1-25-12-2-11-20-26(23,24)17-9-7-16(8-10-17)21-18(22)13-14-3-5-15(19)6-4-14/h3-10,20H,2,11-13H2,1H3,(H,21,22). The molecule has 0 fully saturated rings. The van der Waals surface area contributed by atoms with E-state index in [1.54, 1.807) is 43.5 Å². The second-order valence-corrected chi connectivity index (χ2v) is 7.82. The van der Waals surface area contributed by atoms with Crippen LogP contribution in [0.2, 0.25) is 5.02 Å². The van der Waals surface area contributed by atoms with Crippen molar-refractivity contribution in [2.75, 3.05) is 25.6 Å². The first kappa shape index (κ1) is 20.4. The molecule has 2 rings (SSSR count). The molecule has 0 spiro atoms. The SMILES string of the molecule is COCCCNS(=O)(=O)c1ccc(NC(=O)Cc2ccc(Cl)cc2)cc1. The van der Waals surface area contributed by atoms with Gasteiger partial charge in [-0.25, -0.2) is 13.1 Å². The summed E-state index contributed by atoms with van der Waals surface area (Å²) in [5, 5.41) is 3.35. The van der Waals surface area contributed by atoms with Crippen molar-refractivity contribution in [1.29, 1.82) is 0 Å². The summed E-state index contributed by atoms with van der Waals surface area (Å²) in [5.41, 5.74) is 1.37. The molecule has 140 valence electrons. The third-order valence-corrected chi connectivity index (χ3v) is 5.27. The summed E-state index contributed by atoms with van der Waals surface area (Å²) >= 11 is 5.82. The first-order valence-corrected chi connectivity index (χ1v) is 9.90. The quantitative estimate of drug-likeness (QED) is 0.638. The Kier molecular flexibility index (Phi) is 7.59. The molecule has 0 saturated carbocycles. The number of nitrogens with one attached hydrogen (secondary N) is 2. The van der Waals surface area contributed by atoms with Crippen LogP contribution in [0.3, 0.4) is 0 Å². The van der Waals surface area contributed by atoms with Crippen LogP contribution in [0.5, 0.6) is 0 Å². The molecule has 0 heterocycles. The number of amides is 1. The number of halogens is 1. The van der Waals surface area contributed by atoms with Gasteiger partial charge in [-0.3, -0.25) is 4.79 Å². The molecular weight excluding hydrogens is 376 g/mol. The van der Waals surface area contributed by atoms with Crippen molar-refractivity contribution in [2.24, 2.45) is 0 Å². The average Bonchev–Trinajstić information content (AvgIpc) is 2.61. The van der Waals surface area contributed by atoms with Gasteiger partial charge in [0.1, 0.15) is 0 Å². The second kappa shape index (κ2) is 9.68. The van der Waals surface area contributed by atoms with E-state index < -0.39 is 10.0 Å². The maximum absolute atomic E-state index is 12.1. The molecule has 0 saturated heterocycles. The van der Waals surface area contributed by atoms with Crippen LogP contribution in [0.25, 0.3) is 0 Å². The first-order valence-electron chi connectivity index (χ1n) is 8.04. The van der Waals surface area contributed by atoms with Crippen LogP contribution >= 0.6 is 11.6 Å². The molecule has 0 aliphatic heterocycles. The van der Waals surface area contributed by atoms with Crippen LogP contribution in [-0.4, -0.2) is 34.6 Å². The highest BCUT2D eigenvalue weighted by atomic mass is 35.5. The zero-order valence-corrected chi connectivity index (χ0v) is 15.9. The third kappa shape index (κ3) is 6.42. The number of carbonyl (C=O) groups is 1. The number of ether oxygens (including phenoxy) is 1. The summed E-state index contributed by atoms with van der Waals surface area (Å²) in [6.07, 6.45) is 0.798. The van der Waals surface area contributed by atoms with Crippen molar-refractivity contribution in [3.05, 3.63) is 59.1 Å². The number of carbonyl (C=O) groups excluding carboxylic acids is 1. The third-order valence-electron chi connectivity index (χ3n) is 3.54. The van der Waals surface area contributed by atoms with Crippen molar-refractivity contribution in [1.82, 2.24) is 4.72 Å². The molecule has 8 heteroatoms. The molecule has 0 aliphatic rings. The normalized spacial score (nSPS) is 11.3. The average molecular weight is 397 g/mol. The van der Waals surface area contributed by atoms with Crippen molar-refractivity contribution < 1.29 is 17.9 Å². The van der Waals surface area contributed by atoms with Gasteiger partial charge < -0.3 is 10.1 Å². The van der Waals surface area contributed by atoms with Crippen LogP contribution in [0, 0.1) is 0 Å². The van der Waals surface area contributed by atoms with E-state index in [4.69, 9.17) is 16.3 Å². The Morgan fingerprint density at radius 3 is 2.35 bits per heavy atom. The number of anilines is 1. The zero-order valence-electron chi connectivity index (χ0n) is 14.4. The highest BCUT2D eigenvalue weighted by molar-refractivity contribution is 7.89. The van der Waals surface area contributed by atoms with Gasteiger partial charge in [-0.05, 0) is 48.4 Å². The van der Waals surface area contributed by atoms with E-state index in [1.165, 1.54) is 12.1 Å². The Balaban J connectivity index is 1.91. The summed E-state index contributed by atoms with van der Waals surface area (Å²) in [4.78, 5) is 12.2. The molecule has 2 aromatic carbocycles. The molecule has 26 heavy (non-hydrogen) atoms. The Labute approximate surface area is 158 Å². The zero-order chi connectivity index (χ0) is 19.0. The lowest BCUT2D eigenvalue weighted by molar-refractivity contribution is -0.115. The summed E-state index contributed by atoms with van der Waals surface area (Å²) in [5.74, 6) is -0.194. The van der Waals surface area contributed by atoms with Crippen molar-refractivity contribution in [2.45, 2.75) is 17.7 Å². The van der Waals surface area contributed by atoms with E-state index in [2.05, 4.69) is 10.0 Å². The monoisotopic (exact) mass is 396 g/mol. The van der Waals surface area contributed by atoms with Crippen molar-refractivity contribution >= 4 is 33.2 Å². The van der Waals surface area contributed by atoms with Crippen LogP contribution < -0.4 is 10.0 Å². The Hall–Kier alpha value is -1.93. The van der Waals surface area contributed by atoms with Gasteiger partial charge in [-0.15, -0.1) is 0 Å². The molecule has 0 bridgehead atoms. The van der Waals surface area contributed by atoms with E-state index >= 15 is 0 Å². The first-order chi connectivity index (χ1) is 12.4. The molecule has 2 aromatic rings. The molecular formula is C18H21ClN2O4S.